The molecule has 0 bridgehead atoms. The van der Waals surface area contributed by atoms with Gasteiger partial charge in [0, 0.05) is 64.9 Å². The van der Waals surface area contributed by atoms with Gasteiger partial charge in [0.05, 0.1) is 11.5 Å². The smallest absolute Gasteiger partial charge is 0.257 e. The molecule has 2 aliphatic rings. The average molecular weight is 347 g/mol. The maximum Gasteiger partial charge on any atom is 0.257 e. The van der Waals surface area contributed by atoms with Gasteiger partial charge >= 0.3 is 0 Å². The topological polar surface area (TPSA) is 87.7 Å². The van der Waals surface area contributed by atoms with Gasteiger partial charge in [0.1, 0.15) is 6.33 Å². The third-order valence-corrected chi connectivity index (χ3v) is 4.97. The second kappa shape index (κ2) is 8.35. The van der Waals surface area contributed by atoms with E-state index in [1.54, 1.807) is 11.9 Å². The maximum absolute atomic E-state index is 12.8. The lowest BCUT2D eigenvalue weighted by Gasteiger charge is -2.34. The van der Waals surface area contributed by atoms with Crippen LogP contribution in [-0.4, -0.2) is 84.1 Å². The van der Waals surface area contributed by atoms with Crippen molar-refractivity contribution >= 4 is 11.8 Å². The van der Waals surface area contributed by atoms with Gasteiger partial charge in [0.25, 0.3) is 5.91 Å². The van der Waals surface area contributed by atoms with Crippen LogP contribution in [0.5, 0.6) is 0 Å². The predicted octanol–water partition coefficient (Wildman–Crippen LogP) is -0.224. The number of nitrogens with one attached hydrogen (secondary N) is 1. The Hall–Kier alpha value is -2.06. The lowest BCUT2D eigenvalue weighted by molar-refractivity contribution is -0.125. The van der Waals surface area contributed by atoms with Gasteiger partial charge in [-0.15, -0.1) is 0 Å². The molecule has 25 heavy (non-hydrogen) atoms. The average Bonchev–Trinajstić information content (AvgIpc) is 2.91. The molecule has 1 aromatic heterocycles. The SMILES string of the molecule is CNC(=O)C1CN(C(=O)c2cncnc2)CCN(C2CCOCC2)C1. The first kappa shape index (κ1) is 17.8. The van der Waals surface area contributed by atoms with Crippen molar-refractivity contribution in [3.63, 3.8) is 0 Å². The number of amides is 2. The van der Waals surface area contributed by atoms with Gasteiger partial charge in [-0.1, -0.05) is 0 Å². The fourth-order valence-electron chi connectivity index (χ4n) is 3.57. The number of hydrogen-bond donors (Lipinski definition) is 1. The van der Waals surface area contributed by atoms with Crippen molar-refractivity contribution in [3.8, 4) is 0 Å². The van der Waals surface area contributed by atoms with Crippen LogP contribution in [0.15, 0.2) is 18.7 Å². The summed E-state index contributed by atoms with van der Waals surface area (Å²) < 4.78 is 5.45. The number of rotatable bonds is 3. The molecule has 1 aromatic rings. The van der Waals surface area contributed by atoms with Crippen molar-refractivity contribution in [3.05, 3.63) is 24.3 Å². The van der Waals surface area contributed by atoms with E-state index in [4.69, 9.17) is 4.74 Å². The Morgan fingerprint density at radius 3 is 2.56 bits per heavy atom. The molecule has 0 radical (unpaired) electrons. The maximum atomic E-state index is 12.8. The number of carbonyl (C=O) groups is 2. The van der Waals surface area contributed by atoms with E-state index in [9.17, 15) is 9.59 Å². The molecular weight excluding hydrogens is 322 g/mol. The summed E-state index contributed by atoms with van der Waals surface area (Å²) in [6.07, 6.45) is 6.39. The van der Waals surface area contributed by atoms with E-state index in [0.29, 0.717) is 31.2 Å². The molecule has 1 atom stereocenters. The van der Waals surface area contributed by atoms with Crippen molar-refractivity contribution in [2.75, 3.05) is 46.4 Å². The minimum absolute atomic E-state index is 0.0268. The highest BCUT2D eigenvalue weighted by molar-refractivity contribution is 5.94. The van der Waals surface area contributed by atoms with Crippen LogP contribution in [0.2, 0.25) is 0 Å². The molecule has 8 heteroatoms. The standard InChI is InChI=1S/C17H25N5O3/c1-18-16(23)14-10-21(15-2-6-25-7-3-15)4-5-22(11-14)17(24)13-8-19-12-20-9-13/h8-9,12,14-15H,2-7,10-11H2,1H3,(H,18,23). The summed E-state index contributed by atoms with van der Waals surface area (Å²) in [6, 6.07) is 0.413. The van der Waals surface area contributed by atoms with Crippen LogP contribution in [-0.2, 0) is 9.53 Å². The molecule has 2 fully saturated rings. The first-order valence-electron chi connectivity index (χ1n) is 8.76. The summed E-state index contributed by atoms with van der Waals surface area (Å²) in [5.41, 5.74) is 0.456. The van der Waals surface area contributed by atoms with Gasteiger partial charge in [-0.05, 0) is 12.8 Å². The van der Waals surface area contributed by atoms with Crippen molar-refractivity contribution in [2.45, 2.75) is 18.9 Å². The zero-order valence-electron chi connectivity index (χ0n) is 14.6. The second-order valence-electron chi connectivity index (χ2n) is 6.53. The predicted molar refractivity (Wildman–Crippen MR) is 90.9 cm³/mol. The number of hydrogen-bond acceptors (Lipinski definition) is 6. The summed E-state index contributed by atoms with van der Waals surface area (Å²) in [5.74, 6) is -0.395. The quantitative estimate of drug-likeness (QED) is 0.813. The minimum atomic E-state index is -0.246. The van der Waals surface area contributed by atoms with Crippen molar-refractivity contribution < 1.29 is 14.3 Å². The molecule has 1 unspecified atom stereocenters. The first-order valence-corrected chi connectivity index (χ1v) is 8.76. The van der Waals surface area contributed by atoms with E-state index < -0.39 is 0 Å². The Morgan fingerprint density at radius 1 is 1.16 bits per heavy atom. The summed E-state index contributed by atoms with van der Waals surface area (Å²) in [7, 11) is 1.64. The van der Waals surface area contributed by atoms with E-state index in [-0.39, 0.29) is 17.7 Å². The van der Waals surface area contributed by atoms with Crippen LogP contribution < -0.4 is 5.32 Å². The van der Waals surface area contributed by atoms with Gasteiger partial charge in [0.15, 0.2) is 0 Å². The molecule has 3 heterocycles. The van der Waals surface area contributed by atoms with E-state index in [2.05, 4.69) is 20.2 Å². The van der Waals surface area contributed by atoms with Gasteiger partial charge in [0.2, 0.25) is 5.91 Å². The van der Waals surface area contributed by atoms with E-state index in [1.165, 1.54) is 18.7 Å². The van der Waals surface area contributed by atoms with Crippen LogP contribution >= 0.6 is 0 Å². The molecule has 3 rings (SSSR count). The van der Waals surface area contributed by atoms with Gasteiger partial charge in [-0.2, -0.15) is 0 Å². The van der Waals surface area contributed by atoms with Crippen LogP contribution in [0.3, 0.4) is 0 Å². The molecule has 0 saturated carbocycles. The fraction of sp³-hybridized carbons (Fsp3) is 0.647. The highest BCUT2D eigenvalue weighted by Gasteiger charge is 2.33. The van der Waals surface area contributed by atoms with Crippen molar-refractivity contribution in [1.82, 2.24) is 25.1 Å². The molecule has 0 aliphatic carbocycles. The molecule has 2 amide bonds. The number of ether oxygens (including phenoxy) is 1. The number of carbonyl (C=O) groups excluding carboxylic acids is 2. The van der Waals surface area contributed by atoms with Crippen LogP contribution in [0.4, 0.5) is 0 Å². The van der Waals surface area contributed by atoms with Crippen molar-refractivity contribution in [1.29, 1.82) is 0 Å². The Labute approximate surface area is 147 Å². The molecule has 1 N–H and O–H groups in total. The van der Waals surface area contributed by atoms with Gasteiger partial charge in [-0.3, -0.25) is 14.5 Å². The van der Waals surface area contributed by atoms with E-state index in [0.717, 1.165) is 32.6 Å². The molecular formula is C17H25N5O3. The van der Waals surface area contributed by atoms with E-state index >= 15 is 0 Å². The lowest BCUT2D eigenvalue weighted by Crippen LogP contribution is -2.45. The van der Waals surface area contributed by atoms with Crippen LogP contribution in [0, 0.1) is 5.92 Å². The van der Waals surface area contributed by atoms with Gasteiger partial charge in [-0.25, -0.2) is 9.97 Å². The van der Waals surface area contributed by atoms with E-state index in [1.807, 2.05) is 0 Å². The Balaban J connectivity index is 1.75. The molecule has 0 spiro atoms. The normalized spacial score (nSPS) is 23.1. The molecule has 136 valence electrons. The molecule has 2 saturated heterocycles. The van der Waals surface area contributed by atoms with Gasteiger partial charge < -0.3 is 15.0 Å². The number of aromatic nitrogens is 2. The Kier molecular flexibility index (Phi) is 5.93. The zero-order chi connectivity index (χ0) is 17.6. The molecule has 0 aromatic carbocycles. The largest absolute Gasteiger partial charge is 0.381 e. The Morgan fingerprint density at radius 2 is 1.88 bits per heavy atom. The first-order chi connectivity index (χ1) is 12.2. The highest BCUT2D eigenvalue weighted by Crippen LogP contribution is 2.20. The summed E-state index contributed by atoms with van der Waals surface area (Å²) in [6.45, 7) is 3.95. The summed E-state index contributed by atoms with van der Waals surface area (Å²) in [5, 5.41) is 2.73. The summed E-state index contributed by atoms with van der Waals surface area (Å²) in [4.78, 5) is 37.0. The minimum Gasteiger partial charge on any atom is -0.381 e. The summed E-state index contributed by atoms with van der Waals surface area (Å²) >= 11 is 0. The third kappa shape index (κ3) is 4.32. The highest BCUT2D eigenvalue weighted by atomic mass is 16.5. The molecule has 2 aliphatic heterocycles. The third-order valence-electron chi connectivity index (χ3n) is 4.97. The Bertz CT molecular complexity index is 591. The fourth-order valence-corrected chi connectivity index (χ4v) is 3.57. The second-order valence-corrected chi connectivity index (χ2v) is 6.53. The number of nitrogens with zero attached hydrogens (tertiary/aromatic N) is 4. The van der Waals surface area contributed by atoms with Crippen LogP contribution in [0.25, 0.3) is 0 Å². The lowest BCUT2D eigenvalue weighted by atomic mass is 10.0. The van der Waals surface area contributed by atoms with Crippen LogP contribution in [0.1, 0.15) is 23.2 Å². The monoisotopic (exact) mass is 347 g/mol. The van der Waals surface area contributed by atoms with Crippen molar-refractivity contribution in [2.24, 2.45) is 5.92 Å². The zero-order valence-corrected chi connectivity index (χ0v) is 14.6. The molecule has 8 nitrogen and oxygen atoms in total.